The Labute approximate surface area is 157 Å². The van der Waals surface area contributed by atoms with Crippen molar-refractivity contribution in [3.05, 3.63) is 54.6 Å². The number of carbonyl (C=O) groups excluding carboxylic acids is 1. The van der Waals surface area contributed by atoms with Gasteiger partial charge in [-0.25, -0.2) is 14.4 Å². The summed E-state index contributed by atoms with van der Waals surface area (Å²) in [4.78, 5) is 40.0. The van der Waals surface area contributed by atoms with Crippen molar-refractivity contribution in [2.24, 2.45) is 14.1 Å². The first-order chi connectivity index (χ1) is 12.2. The number of fused-ring (bicyclic) bond motifs is 1. The van der Waals surface area contributed by atoms with Crippen LogP contribution < -0.4 is 21.6 Å². The first-order valence-corrected chi connectivity index (χ1v) is 8.34. The number of hydrogen-bond acceptors (Lipinski definition) is 3. The monoisotopic (exact) mass is 397 g/mol. The molecule has 1 aromatic heterocycles. The van der Waals surface area contributed by atoms with Gasteiger partial charge in [0, 0.05) is 12.7 Å². The minimum Gasteiger partial charge on any atom is -0.481 e. The fourth-order valence-electron chi connectivity index (χ4n) is 2.85. The lowest BCUT2D eigenvalue weighted by atomic mass is 9.93. The van der Waals surface area contributed by atoms with Crippen molar-refractivity contribution in [2.45, 2.75) is 12.3 Å². The molecule has 0 fully saturated rings. The molecular weight excluding hydrogens is 383 g/mol. The Morgan fingerprint density at radius 2 is 1.92 bits per heavy atom. The van der Waals surface area contributed by atoms with Crippen LogP contribution in [0.25, 0.3) is 0 Å². The third-order valence-electron chi connectivity index (χ3n) is 4.21. The molecule has 0 spiro atoms. The Morgan fingerprint density at radius 3 is 2.58 bits per heavy atom. The maximum atomic E-state index is 12.8. The highest BCUT2D eigenvalue weighted by molar-refractivity contribution is 6.42. The minimum atomic E-state index is -0.980. The number of halogens is 2. The van der Waals surface area contributed by atoms with E-state index < -0.39 is 23.1 Å². The largest absolute Gasteiger partial charge is 0.481 e. The number of nitrogens with zero attached hydrogens (tertiary/aromatic N) is 2. The molecule has 8 nitrogen and oxygen atoms in total. The number of nitrogens with one attached hydrogen (secondary N) is 2. The Kier molecular flexibility index (Phi) is 4.64. The lowest BCUT2D eigenvalue weighted by molar-refractivity contribution is -0.379. The van der Waals surface area contributed by atoms with Gasteiger partial charge in [-0.2, -0.15) is 4.57 Å². The lowest BCUT2D eigenvalue weighted by Gasteiger charge is -2.19. The summed E-state index contributed by atoms with van der Waals surface area (Å²) in [7, 11) is 2.77. The summed E-state index contributed by atoms with van der Waals surface area (Å²) < 4.78 is 2.09. The summed E-state index contributed by atoms with van der Waals surface area (Å²) >= 11 is 11.8. The van der Waals surface area contributed by atoms with Crippen LogP contribution in [0.15, 0.2) is 27.8 Å². The molecule has 0 aliphatic carbocycles. The summed E-state index contributed by atoms with van der Waals surface area (Å²) in [6.07, 6.45) is -0.104. The van der Waals surface area contributed by atoms with Gasteiger partial charge in [0.05, 0.1) is 29.4 Å². The zero-order valence-electron chi connectivity index (χ0n) is 13.8. The van der Waals surface area contributed by atoms with Crippen molar-refractivity contribution in [1.82, 2.24) is 9.13 Å². The Morgan fingerprint density at radius 1 is 1.23 bits per heavy atom. The third kappa shape index (κ3) is 3.02. The summed E-state index contributed by atoms with van der Waals surface area (Å²) in [5.74, 6) is -1.62. The van der Waals surface area contributed by atoms with Crippen LogP contribution in [-0.4, -0.2) is 26.0 Å². The molecule has 10 heteroatoms. The number of aliphatic hydroxyl groups is 1. The van der Waals surface area contributed by atoms with E-state index in [1.54, 1.807) is 6.07 Å². The van der Waals surface area contributed by atoms with Gasteiger partial charge in [-0.15, -0.1) is 0 Å². The highest BCUT2D eigenvalue weighted by Crippen LogP contribution is 2.28. The van der Waals surface area contributed by atoms with E-state index in [0.717, 1.165) is 4.57 Å². The number of benzene rings is 1. The molecule has 136 valence electrons. The number of aromatic nitrogens is 2. The predicted molar refractivity (Wildman–Crippen MR) is 97.6 cm³/mol. The van der Waals surface area contributed by atoms with Crippen LogP contribution in [0.1, 0.15) is 17.9 Å². The molecule has 26 heavy (non-hydrogen) atoms. The second-order valence-corrected chi connectivity index (χ2v) is 6.73. The molecule has 1 aromatic carbocycles. The molecule has 1 atom stereocenters. The summed E-state index contributed by atoms with van der Waals surface area (Å²) in [6, 6.07) is 4.57. The molecule has 2 heterocycles. The van der Waals surface area contributed by atoms with Gasteiger partial charge in [0.25, 0.3) is 17.3 Å². The van der Waals surface area contributed by atoms with Gasteiger partial charge >= 0.3 is 5.69 Å². The van der Waals surface area contributed by atoms with Crippen LogP contribution in [0.3, 0.4) is 0 Å². The molecule has 3 rings (SSSR count). The van der Waals surface area contributed by atoms with Gasteiger partial charge < -0.3 is 10.4 Å². The zero-order valence-corrected chi connectivity index (χ0v) is 15.4. The number of anilines is 1. The van der Waals surface area contributed by atoms with E-state index in [1.807, 2.05) is 0 Å². The van der Waals surface area contributed by atoms with Crippen LogP contribution in [0.2, 0.25) is 10.0 Å². The van der Waals surface area contributed by atoms with Crippen LogP contribution in [-0.2, 0) is 18.9 Å². The van der Waals surface area contributed by atoms with E-state index in [9.17, 15) is 19.5 Å². The Balaban J connectivity index is 2.06. The number of rotatable bonds is 2. The van der Waals surface area contributed by atoms with E-state index in [2.05, 4.69) is 10.3 Å². The highest BCUT2D eigenvalue weighted by atomic mass is 35.5. The number of hydrogen-bond donors (Lipinski definition) is 3. The molecule has 1 amide bonds. The van der Waals surface area contributed by atoms with Crippen molar-refractivity contribution < 1.29 is 14.9 Å². The first-order valence-electron chi connectivity index (χ1n) is 7.58. The quantitative estimate of drug-likeness (QED) is 0.671. The van der Waals surface area contributed by atoms with Crippen molar-refractivity contribution in [3.8, 4) is 0 Å². The maximum absolute atomic E-state index is 12.8. The number of amides is 1. The van der Waals surface area contributed by atoms with Gasteiger partial charge in [0.2, 0.25) is 5.91 Å². The molecule has 1 aliphatic rings. The molecule has 3 N–H and O–H groups in total. The fourth-order valence-corrected chi connectivity index (χ4v) is 3.14. The minimum absolute atomic E-state index is 0.0936. The zero-order chi connectivity index (χ0) is 19.2. The molecule has 0 bridgehead atoms. The molecular formula is C16H15Cl2N4O4+. The van der Waals surface area contributed by atoms with Crippen LogP contribution in [0, 0.1) is 0 Å². The van der Waals surface area contributed by atoms with Crippen LogP contribution in [0.4, 0.5) is 11.5 Å². The van der Waals surface area contributed by atoms with Gasteiger partial charge in [0.15, 0.2) is 0 Å². The van der Waals surface area contributed by atoms with Crippen molar-refractivity contribution in [2.75, 3.05) is 5.32 Å². The van der Waals surface area contributed by atoms with Crippen molar-refractivity contribution in [3.63, 3.8) is 0 Å². The van der Waals surface area contributed by atoms with E-state index >= 15 is 0 Å². The topological polar surface area (TPSA) is 107 Å². The SMILES string of the molecule is Cn1c2c(c(=O)n(C)c1=O)C(C(=O)Nc1ccc(Cl)c(Cl)c1)CC(O)=[NH+]2. The van der Waals surface area contributed by atoms with E-state index in [4.69, 9.17) is 23.2 Å². The summed E-state index contributed by atoms with van der Waals surface area (Å²) in [5.41, 5.74) is -0.674. The fraction of sp³-hybridized carbons (Fsp3) is 0.250. The van der Waals surface area contributed by atoms with Crippen molar-refractivity contribution >= 4 is 46.5 Å². The average Bonchev–Trinajstić information content (AvgIpc) is 2.60. The normalized spacial score (nSPS) is 16.0. The van der Waals surface area contributed by atoms with E-state index in [0.29, 0.717) is 10.7 Å². The van der Waals surface area contributed by atoms with E-state index in [1.165, 1.54) is 30.8 Å². The average molecular weight is 398 g/mol. The van der Waals surface area contributed by atoms with Gasteiger partial charge in [-0.1, -0.05) is 23.2 Å². The van der Waals surface area contributed by atoms with Crippen LogP contribution in [0.5, 0.6) is 0 Å². The predicted octanol–water partition coefficient (Wildman–Crippen LogP) is 0.185. The van der Waals surface area contributed by atoms with Gasteiger partial charge in [-0.05, 0) is 18.2 Å². The maximum Gasteiger partial charge on any atom is 0.417 e. The van der Waals surface area contributed by atoms with Gasteiger partial charge in [-0.3, -0.25) is 9.59 Å². The summed E-state index contributed by atoms with van der Waals surface area (Å²) in [5, 5.41) is 13.2. The first kappa shape index (κ1) is 18.2. The molecule has 1 unspecified atom stereocenters. The van der Waals surface area contributed by atoms with Gasteiger partial charge in [0.1, 0.15) is 5.56 Å². The molecule has 2 aromatic rings. The summed E-state index contributed by atoms with van der Waals surface area (Å²) in [6.45, 7) is 0. The second-order valence-electron chi connectivity index (χ2n) is 5.91. The lowest BCUT2D eigenvalue weighted by Crippen LogP contribution is -2.73. The molecule has 0 saturated carbocycles. The smallest absolute Gasteiger partial charge is 0.417 e. The Bertz CT molecular complexity index is 1070. The molecule has 0 radical (unpaired) electrons. The number of aliphatic hydroxyl groups excluding tert-OH is 1. The third-order valence-corrected chi connectivity index (χ3v) is 4.95. The second kappa shape index (κ2) is 6.62. The standard InChI is InChI=1S/C16H14Cl2N4O4/c1-21-13-12(15(25)22(2)16(21)26)8(6-11(23)20-13)14(24)19-7-3-4-9(17)10(18)5-7/h3-5,8H,6H2,1-2H3,(H,19,24)(H,20,23)/p+1. The highest BCUT2D eigenvalue weighted by Gasteiger charge is 2.37. The molecule has 0 saturated heterocycles. The number of carbonyl (C=O) groups is 1. The Hall–Kier alpha value is -2.58. The van der Waals surface area contributed by atoms with Crippen molar-refractivity contribution in [1.29, 1.82) is 0 Å². The molecule has 1 aliphatic heterocycles. The van der Waals surface area contributed by atoms with Crippen LogP contribution >= 0.6 is 23.2 Å². The van der Waals surface area contributed by atoms with E-state index in [-0.39, 0.29) is 28.7 Å².